The number of benzene rings is 1. The lowest BCUT2D eigenvalue weighted by Gasteiger charge is -2.29. The van der Waals surface area contributed by atoms with Crippen molar-refractivity contribution in [3.05, 3.63) is 35.4 Å². The Balaban J connectivity index is 1.55. The second-order valence-electron chi connectivity index (χ2n) is 6.44. The molecule has 2 atom stereocenters. The monoisotopic (exact) mass is 329 g/mol. The van der Waals surface area contributed by atoms with Gasteiger partial charge in [-0.15, -0.1) is 0 Å². The van der Waals surface area contributed by atoms with Crippen molar-refractivity contribution >= 4 is 0 Å². The highest BCUT2D eigenvalue weighted by molar-refractivity contribution is 5.25. The zero-order valence-electron chi connectivity index (χ0n) is 12.9. The summed E-state index contributed by atoms with van der Waals surface area (Å²) in [6.45, 7) is 1.70. The fourth-order valence-electron chi connectivity index (χ4n) is 3.24. The maximum absolute atomic E-state index is 12.7. The van der Waals surface area contributed by atoms with Gasteiger partial charge in [-0.05, 0) is 43.9 Å². The van der Waals surface area contributed by atoms with Crippen molar-refractivity contribution in [2.75, 3.05) is 19.8 Å². The largest absolute Gasteiger partial charge is 0.416 e. The fraction of sp³-hybridized carbons (Fsp3) is 0.647. The normalized spacial score (nSPS) is 25.3. The van der Waals surface area contributed by atoms with Crippen molar-refractivity contribution in [3.63, 3.8) is 0 Å². The standard InChI is InChI=1S/C17H22F3NO2/c18-17(19,20)13-5-1-3-12(9-13)4-2-8-21(14-6-7-14)15-10-23-11-16(15)22/h1,3,5,9,14-16,22H,2,4,6-8,10-11H2/t15-,16-/m1/s1. The van der Waals surface area contributed by atoms with Crippen LogP contribution < -0.4 is 0 Å². The van der Waals surface area contributed by atoms with E-state index in [1.807, 2.05) is 0 Å². The Morgan fingerprint density at radius 2 is 2.00 bits per heavy atom. The molecule has 1 N–H and O–H groups in total. The van der Waals surface area contributed by atoms with Crippen molar-refractivity contribution in [2.24, 2.45) is 0 Å². The molecule has 0 aromatic heterocycles. The third-order valence-electron chi connectivity index (χ3n) is 4.60. The van der Waals surface area contributed by atoms with Crippen LogP contribution in [0.1, 0.15) is 30.4 Å². The minimum Gasteiger partial charge on any atom is -0.389 e. The van der Waals surface area contributed by atoms with Crippen LogP contribution >= 0.6 is 0 Å². The van der Waals surface area contributed by atoms with Gasteiger partial charge in [-0.3, -0.25) is 4.90 Å². The van der Waals surface area contributed by atoms with Gasteiger partial charge in [-0.2, -0.15) is 13.2 Å². The van der Waals surface area contributed by atoms with E-state index >= 15 is 0 Å². The number of nitrogens with zero attached hydrogens (tertiary/aromatic N) is 1. The topological polar surface area (TPSA) is 32.7 Å². The first-order valence-electron chi connectivity index (χ1n) is 8.13. The minimum atomic E-state index is -4.29. The van der Waals surface area contributed by atoms with Gasteiger partial charge in [0.05, 0.1) is 30.9 Å². The van der Waals surface area contributed by atoms with Crippen molar-refractivity contribution in [3.8, 4) is 0 Å². The van der Waals surface area contributed by atoms with Gasteiger partial charge in [0.15, 0.2) is 0 Å². The van der Waals surface area contributed by atoms with Crippen LogP contribution in [0.2, 0.25) is 0 Å². The maximum Gasteiger partial charge on any atom is 0.416 e. The van der Waals surface area contributed by atoms with Gasteiger partial charge >= 0.3 is 6.18 Å². The summed E-state index contributed by atoms with van der Waals surface area (Å²) in [5.41, 5.74) is 0.118. The number of aliphatic hydroxyl groups excluding tert-OH is 1. The van der Waals surface area contributed by atoms with Gasteiger partial charge in [0.1, 0.15) is 0 Å². The molecular formula is C17H22F3NO2. The van der Waals surface area contributed by atoms with Crippen LogP contribution in [0.5, 0.6) is 0 Å². The highest BCUT2D eigenvalue weighted by Gasteiger charge is 2.39. The molecule has 0 unspecified atom stereocenters. The number of aryl methyl sites for hydroxylation is 1. The number of ether oxygens (including phenoxy) is 1. The maximum atomic E-state index is 12.7. The van der Waals surface area contributed by atoms with E-state index in [1.165, 1.54) is 12.1 Å². The molecular weight excluding hydrogens is 307 g/mol. The molecule has 1 aromatic rings. The van der Waals surface area contributed by atoms with E-state index in [1.54, 1.807) is 6.07 Å². The summed E-state index contributed by atoms with van der Waals surface area (Å²) in [6.07, 6.45) is -1.09. The summed E-state index contributed by atoms with van der Waals surface area (Å²) < 4.78 is 43.5. The van der Waals surface area contributed by atoms with Crippen LogP contribution in [0, 0.1) is 0 Å². The molecule has 3 rings (SSSR count). The molecule has 1 aliphatic heterocycles. The van der Waals surface area contributed by atoms with E-state index in [2.05, 4.69) is 4.90 Å². The molecule has 1 aromatic carbocycles. The lowest BCUT2D eigenvalue weighted by atomic mass is 10.1. The van der Waals surface area contributed by atoms with E-state index in [0.29, 0.717) is 31.2 Å². The molecule has 1 saturated carbocycles. The van der Waals surface area contributed by atoms with Gasteiger partial charge < -0.3 is 9.84 Å². The first-order valence-corrected chi connectivity index (χ1v) is 8.13. The average Bonchev–Trinajstić information content (AvgIpc) is 3.25. The summed E-state index contributed by atoms with van der Waals surface area (Å²) in [5, 5.41) is 9.99. The summed E-state index contributed by atoms with van der Waals surface area (Å²) in [7, 11) is 0. The predicted molar refractivity (Wildman–Crippen MR) is 80.1 cm³/mol. The second-order valence-corrected chi connectivity index (χ2v) is 6.44. The van der Waals surface area contributed by atoms with E-state index < -0.39 is 17.8 Å². The molecule has 6 heteroatoms. The lowest BCUT2D eigenvalue weighted by molar-refractivity contribution is -0.137. The van der Waals surface area contributed by atoms with E-state index in [9.17, 15) is 18.3 Å². The first-order chi connectivity index (χ1) is 10.9. The number of hydrogen-bond acceptors (Lipinski definition) is 3. The molecule has 2 aliphatic rings. The molecule has 0 amide bonds. The van der Waals surface area contributed by atoms with Gasteiger partial charge in [0.25, 0.3) is 0 Å². The Morgan fingerprint density at radius 1 is 1.22 bits per heavy atom. The Hall–Kier alpha value is -1.11. The summed E-state index contributed by atoms with van der Waals surface area (Å²) in [5.74, 6) is 0. The fourth-order valence-corrected chi connectivity index (χ4v) is 3.24. The number of halogens is 3. The van der Waals surface area contributed by atoms with Crippen LogP contribution in [0.3, 0.4) is 0 Å². The third kappa shape index (κ3) is 4.25. The van der Waals surface area contributed by atoms with Crippen molar-refractivity contribution in [1.29, 1.82) is 0 Å². The van der Waals surface area contributed by atoms with E-state index in [-0.39, 0.29) is 6.04 Å². The number of rotatable bonds is 6. The zero-order chi connectivity index (χ0) is 16.4. The number of aliphatic hydroxyl groups is 1. The highest BCUT2D eigenvalue weighted by atomic mass is 19.4. The summed E-state index contributed by atoms with van der Waals surface area (Å²) in [4.78, 5) is 2.28. The molecule has 0 radical (unpaired) electrons. The Morgan fingerprint density at radius 3 is 2.61 bits per heavy atom. The summed E-state index contributed by atoms with van der Waals surface area (Å²) >= 11 is 0. The molecule has 0 bridgehead atoms. The smallest absolute Gasteiger partial charge is 0.389 e. The first kappa shape index (κ1) is 16.7. The zero-order valence-corrected chi connectivity index (χ0v) is 12.9. The molecule has 0 spiro atoms. The van der Waals surface area contributed by atoms with Gasteiger partial charge in [-0.25, -0.2) is 0 Å². The summed E-state index contributed by atoms with van der Waals surface area (Å²) in [6, 6.07) is 6.07. The number of alkyl halides is 3. The van der Waals surface area contributed by atoms with E-state index in [4.69, 9.17) is 4.74 Å². The van der Waals surface area contributed by atoms with Crippen molar-refractivity contribution < 1.29 is 23.0 Å². The molecule has 1 heterocycles. The molecule has 23 heavy (non-hydrogen) atoms. The van der Waals surface area contributed by atoms with Crippen LogP contribution in [-0.2, 0) is 17.3 Å². The average molecular weight is 329 g/mol. The third-order valence-corrected chi connectivity index (χ3v) is 4.60. The lowest BCUT2D eigenvalue weighted by Crippen LogP contribution is -2.45. The van der Waals surface area contributed by atoms with Crippen LogP contribution in [0.15, 0.2) is 24.3 Å². The molecule has 128 valence electrons. The second kappa shape index (κ2) is 6.79. The van der Waals surface area contributed by atoms with Gasteiger partial charge in [0, 0.05) is 6.04 Å². The Bertz CT molecular complexity index is 531. The SMILES string of the molecule is O[C@@H]1COC[C@H]1N(CCCc1cccc(C(F)(F)F)c1)C1CC1. The molecule has 2 fully saturated rings. The van der Waals surface area contributed by atoms with Crippen LogP contribution in [-0.4, -0.2) is 48.0 Å². The molecule has 1 aliphatic carbocycles. The molecule has 1 saturated heterocycles. The van der Waals surface area contributed by atoms with Crippen LogP contribution in [0.25, 0.3) is 0 Å². The highest BCUT2D eigenvalue weighted by Crippen LogP contribution is 2.32. The quantitative estimate of drug-likeness (QED) is 0.871. The predicted octanol–water partition coefficient (Wildman–Crippen LogP) is 2.86. The van der Waals surface area contributed by atoms with Crippen molar-refractivity contribution in [1.82, 2.24) is 4.90 Å². The van der Waals surface area contributed by atoms with Gasteiger partial charge in [-0.1, -0.05) is 18.2 Å². The Labute approximate surface area is 134 Å². The minimum absolute atomic E-state index is 0.0315. The van der Waals surface area contributed by atoms with Crippen molar-refractivity contribution in [2.45, 2.75) is 50.0 Å². The number of hydrogen-bond donors (Lipinski definition) is 1. The Kier molecular flexibility index (Phi) is 4.94. The van der Waals surface area contributed by atoms with E-state index in [0.717, 1.165) is 31.9 Å². The van der Waals surface area contributed by atoms with Crippen LogP contribution in [0.4, 0.5) is 13.2 Å². The van der Waals surface area contributed by atoms with Gasteiger partial charge in [0.2, 0.25) is 0 Å². The molecule has 3 nitrogen and oxygen atoms in total.